The van der Waals surface area contributed by atoms with Crippen molar-refractivity contribution in [2.75, 3.05) is 33.9 Å². The highest BCUT2D eigenvalue weighted by Gasteiger charge is 2.41. The van der Waals surface area contributed by atoms with Gasteiger partial charge in [-0.3, -0.25) is 0 Å². The van der Waals surface area contributed by atoms with Gasteiger partial charge in [-0.15, -0.1) is 0 Å². The minimum Gasteiger partial charge on any atom is -0.394 e. The number of fused-ring (bicyclic) bond motifs is 1. The lowest BCUT2D eigenvalue weighted by Gasteiger charge is -2.37. The Bertz CT molecular complexity index is 1040. The number of nitrogens with zero attached hydrogens (tertiary/aromatic N) is 8. The Morgan fingerprint density at radius 2 is 2.17 bits per heavy atom. The average molecular weight is 509 g/mol. The zero-order valence-corrected chi connectivity index (χ0v) is 22.0. The molecule has 1 aliphatic heterocycles. The summed E-state index contributed by atoms with van der Waals surface area (Å²) in [5.74, 6) is 0.512. The first-order chi connectivity index (χ1) is 17.3. The third-order valence-electron chi connectivity index (χ3n) is 5.28. The van der Waals surface area contributed by atoms with Gasteiger partial charge in [0.25, 0.3) is 8.53 Å². The summed E-state index contributed by atoms with van der Waals surface area (Å²) in [5.41, 5.74) is 0.591. The maximum Gasteiger partial charge on any atom is 0.259 e. The van der Waals surface area contributed by atoms with Crippen molar-refractivity contribution in [1.82, 2.24) is 29.3 Å². The van der Waals surface area contributed by atoms with Crippen molar-refractivity contribution < 1.29 is 18.9 Å². The smallest absolute Gasteiger partial charge is 0.259 e. The maximum absolute atomic E-state index is 7.31. The minimum absolute atomic E-state index is 0.0301. The molecular weight excluding hydrogens is 471 g/mol. The molecule has 2 aromatic heterocycles. The largest absolute Gasteiger partial charge is 0.394 e. The predicted octanol–water partition coefficient (Wildman–Crippen LogP) is 2.99. The van der Waals surface area contributed by atoms with Gasteiger partial charge >= 0.3 is 0 Å². The van der Waals surface area contributed by atoms with Crippen LogP contribution in [0.1, 0.15) is 40.3 Å². The van der Waals surface area contributed by atoms with Gasteiger partial charge in [0.15, 0.2) is 17.7 Å². The van der Waals surface area contributed by atoms with Crippen molar-refractivity contribution in [1.29, 1.82) is 1.43 Å². The Balaban J connectivity index is 1.85. The van der Waals surface area contributed by atoms with Crippen molar-refractivity contribution >= 4 is 31.7 Å². The van der Waals surface area contributed by atoms with Crippen molar-refractivity contribution in [3.63, 3.8) is 0 Å². The number of hydrogen-bond donors (Lipinski definition) is 1. The van der Waals surface area contributed by atoms with Gasteiger partial charge in [0.05, 0.1) is 30.6 Å². The fourth-order valence-corrected chi connectivity index (χ4v) is 5.60. The lowest BCUT2D eigenvalue weighted by molar-refractivity contribution is -0.0450. The zero-order valence-electron chi connectivity index (χ0n) is 22.1. The van der Waals surface area contributed by atoms with Crippen LogP contribution in [0.4, 0.5) is 5.82 Å². The molecule has 12 nitrogen and oxygen atoms in total. The highest BCUT2D eigenvalue weighted by molar-refractivity contribution is 7.44. The molecule has 0 aromatic carbocycles. The van der Waals surface area contributed by atoms with Gasteiger partial charge in [0.2, 0.25) is 7.98 Å². The van der Waals surface area contributed by atoms with Gasteiger partial charge in [0, 0.05) is 32.6 Å². The monoisotopic (exact) mass is 508 g/mol. The van der Waals surface area contributed by atoms with Gasteiger partial charge < -0.3 is 28.6 Å². The standard InChI is InChI=1S/C22H35N8O4P/c1-15(2)30(16(3)4)35(32-9-8-23-5)34-18-10-20(33-19(18)12-31)29-22-17(11-27-29)21(24-13-25-22)26-14-28(6)7/h11,13-16,18-20,31H,8-10,12H2,1-4,6-7H3/b26-14+/t18-,19-,20-,35?/m1/s1/i31T. The summed E-state index contributed by atoms with van der Waals surface area (Å²) in [7, 11) is 2.29. The van der Waals surface area contributed by atoms with Crippen molar-refractivity contribution in [2.24, 2.45) is 4.99 Å². The van der Waals surface area contributed by atoms with E-state index in [9.17, 15) is 0 Å². The Labute approximate surface area is 209 Å². The van der Waals surface area contributed by atoms with Gasteiger partial charge in [-0.2, -0.15) is 5.10 Å². The second kappa shape index (κ2) is 12.6. The summed E-state index contributed by atoms with van der Waals surface area (Å²) in [6, 6.07) is 0.335. The number of ether oxygens (including phenoxy) is 1. The van der Waals surface area contributed by atoms with Crippen LogP contribution in [-0.2, 0) is 13.8 Å². The number of aliphatic hydroxyl groups excluding tert-OH is 1. The lowest BCUT2D eigenvalue weighted by Crippen LogP contribution is -2.36. The number of aliphatic imine (C=N–C) groups is 1. The van der Waals surface area contributed by atoms with Crippen LogP contribution in [0.15, 0.2) is 17.5 Å². The molecule has 1 unspecified atom stereocenters. The van der Waals surface area contributed by atoms with Gasteiger partial charge in [-0.25, -0.2) is 30.9 Å². The fraction of sp³-hybridized carbons (Fsp3) is 0.682. The van der Waals surface area contributed by atoms with Crippen molar-refractivity contribution in [3.05, 3.63) is 23.9 Å². The molecule has 0 bridgehead atoms. The first kappa shape index (κ1) is 25.8. The number of hydrogen-bond acceptors (Lipinski definition) is 9. The summed E-state index contributed by atoms with van der Waals surface area (Å²) in [6.45, 7) is 16.0. The molecular formula is C22H35N8O4P. The molecule has 3 rings (SSSR count). The molecule has 0 spiro atoms. The first-order valence-corrected chi connectivity index (χ1v) is 12.7. The van der Waals surface area contributed by atoms with E-state index < -0.39 is 27.0 Å². The predicted molar refractivity (Wildman–Crippen MR) is 134 cm³/mol. The average Bonchev–Trinajstić information content (AvgIpc) is 3.42. The SMILES string of the molecule is [3H]OC[C@H]1O[C@@H](n2ncc3c(/N=C/N(C)C)ncnc32)C[C@H]1OP(OCC[N+]#[C-])N(C(C)C)C(C)C. The second-order valence-corrected chi connectivity index (χ2v) is 10.3. The molecule has 0 saturated carbocycles. The number of aromatic nitrogens is 4. The fourth-order valence-electron chi connectivity index (χ4n) is 3.85. The van der Waals surface area contributed by atoms with E-state index in [-0.39, 0.29) is 31.8 Å². The quantitative estimate of drug-likeness (QED) is 0.143. The Hall–Kier alpha value is -2.26. The summed E-state index contributed by atoms with van der Waals surface area (Å²) >= 11 is 0. The molecule has 35 heavy (non-hydrogen) atoms. The Kier molecular flexibility index (Phi) is 9.31. The second-order valence-electron chi connectivity index (χ2n) is 8.93. The molecule has 0 amide bonds. The van der Waals surface area contributed by atoms with E-state index >= 15 is 0 Å². The normalized spacial score (nSPS) is 21.9. The molecule has 0 aliphatic carbocycles. The molecule has 192 valence electrons. The van der Waals surface area contributed by atoms with E-state index in [1.807, 2.05) is 19.0 Å². The van der Waals surface area contributed by atoms with Crippen LogP contribution >= 0.6 is 8.53 Å². The third-order valence-corrected chi connectivity index (χ3v) is 7.43. The van der Waals surface area contributed by atoms with Crippen LogP contribution in [0.3, 0.4) is 0 Å². The molecule has 1 fully saturated rings. The van der Waals surface area contributed by atoms with Crippen molar-refractivity contribution in [2.45, 2.75) is 64.6 Å². The highest BCUT2D eigenvalue weighted by Crippen LogP contribution is 2.49. The number of aliphatic hydroxyl groups is 1. The van der Waals surface area contributed by atoms with Crippen LogP contribution in [0.5, 0.6) is 0 Å². The first-order valence-electron chi connectivity index (χ1n) is 12.0. The van der Waals surface area contributed by atoms with Crippen LogP contribution in [0, 0.1) is 6.57 Å². The van der Waals surface area contributed by atoms with E-state index in [0.29, 0.717) is 23.3 Å². The zero-order chi connectivity index (χ0) is 26.2. The van der Waals surface area contributed by atoms with Crippen LogP contribution < -0.4 is 0 Å². The van der Waals surface area contributed by atoms with Gasteiger partial charge in [-0.1, -0.05) is 0 Å². The van der Waals surface area contributed by atoms with Crippen LogP contribution in [0.2, 0.25) is 0 Å². The van der Waals surface area contributed by atoms with E-state index in [1.54, 1.807) is 17.2 Å². The molecule has 2 aromatic rings. The molecule has 3 heterocycles. The van der Waals surface area contributed by atoms with E-state index in [1.165, 1.54) is 6.33 Å². The Morgan fingerprint density at radius 1 is 1.40 bits per heavy atom. The van der Waals surface area contributed by atoms with Gasteiger partial charge in [0.1, 0.15) is 19.0 Å². The topological polar surface area (TPSA) is 115 Å². The summed E-state index contributed by atoms with van der Waals surface area (Å²) in [4.78, 5) is 18.3. The molecule has 1 aliphatic rings. The van der Waals surface area contributed by atoms with Crippen LogP contribution in [-0.4, -0.2) is 100 Å². The molecule has 4 atom stereocenters. The van der Waals surface area contributed by atoms with E-state index in [2.05, 4.69) is 57.3 Å². The molecule has 1 saturated heterocycles. The van der Waals surface area contributed by atoms with E-state index in [0.717, 1.165) is 0 Å². The molecule has 0 radical (unpaired) electrons. The minimum atomic E-state index is -1.48. The Morgan fingerprint density at radius 3 is 2.83 bits per heavy atom. The summed E-state index contributed by atoms with van der Waals surface area (Å²) in [6.07, 6.45) is 3.85. The maximum atomic E-state index is 7.31. The van der Waals surface area contributed by atoms with Crippen LogP contribution in [0.25, 0.3) is 15.9 Å². The van der Waals surface area contributed by atoms with E-state index in [4.69, 9.17) is 26.9 Å². The van der Waals surface area contributed by atoms with Crippen molar-refractivity contribution in [3.8, 4) is 0 Å². The highest BCUT2D eigenvalue weighted by atomic mass is 31.2. The number of rotatable bonds is 13. The summed E-state index contributed by atoms with van der Waals surface area (Å²) < 4.78 is 30.0. The third kappa shape index (κ3) is 6.70. The summed E-state index contributed by atoms with van der Waals surface area (Å²) in [5, 5.41) is 9.91. The lowest BCUT2D eigenvalue weighted by atomic mass is 10.2. The van der Waals surface area contributed by atoms with Gasteiger partial charge in [-0.05, 0) is 27.7 Å². The molecule has 1 N–H and O–H groups in total. The molecule has 13 heteroatoms.